The molecule has 6 heteroatoms. The molecule has 3 aromatic rings. The van der Waals surface area contributed by atoms with E-state index in [-0.39, 0.29) is 12.3 Å². The Morgan fingerprint density at radius 3 is 2.59 bits per heavy atom. The highest BCUT2D eigenvalue weighted by atomic mass is 16.5. The molecule has 2 aromatic carbocycles. The predicted molar refractivity (Wildman–Crippen MR) is 104 cm³/mol. The fraction of sp³-hybridized carbons (Fsp3) is 0.190. The maximum absolute atomic E-state index is 12.2. The van der Waals surface area contributed by atoms with Gasteiger partial charge in [-0.05, 0) is 49.4 Å². The van der Waals surface area contributed by atoms with Crippen molar-refractivity contribution in [2.45, 2.75) is 13.3 Å². The van der Waals surface area contributed by atoms with E-state index in [2.05, 4.69) is 15.3 Å². The van der Waals surface area contributed by atoms with Gasteiger partial charge < -0.3 is 14.8 Å². The van der Waals surface area contributed by atoms with Crippen LogP contribution in [0.25, 0.3) is 11.3 Å². The molecule has 0 radical (unpaired) electrons. The summed E-state index contributed by atoms with van der Waals surface area (Å²) in [7, 11) is 1.61. The molecule has 0 fully saturated rings. The molecule has 0 unspecified atom stereocenters. The fourth-order valence-corrected chi connectivity index (χ4v) is 2.53. The van der Waals surface area contributed by atoms with Crippen molar-refractivity contribution in [3.05, 3.63) is 66.6 Å². The molecular formula is C21H21N3O3. The summed E-state index contributed by atoms with van der Waals surface area (Å²) < 4.78 is 10.7. The van der Waals surface area contributed by atoms with Gasteiger partial charge in [-0.15, -0.1) is 0 Å². The van der Waals surface area contributed by atoms with Crippen molar-refractivity contribution in [3.8, 4) is 22.8 Å². The molecule has 1 heterocycles. The van der Waals surface area contributed by atoms with Gasteiger partial charge in [0.25, 0.3) is 0 Å². The maximum atomic E-state index is 12.2. The number of amides is 1. The Bertz CT molecular complexity index is 911. The molecule has 138 valence electrons. The van der Waals surface area contributed by atoms with Crippen LogP contribution in [0, 0.1) is 6.92 Å². The normalized spacial score (nSPS) is 10.3. The zero-order valence-corrected chi connectivity index (χ0v) is 15.3. The minimum atomic E-state index is -0.112. The third-order valence-electron chi connectivity index (χ3n) is 3.88. The smallest absolute Gasteiger partial charge is 0.227 e. The number of nitrogens with zero attached hydrogens (tertiary/aromatic N) is 2. The highest BCUT2D eigenvalue weighted by Crippen LogP contribution is 2.21. The summed E-state index contributed by atoms with van der Waals surface area (Å²) in [5.41, 5.74) is 2.47. The van der Waals surface area contributed by atoms with Gasteiger partial charge in [0.05, 0.1) is 25.8 Å². The lowest BCUT2D eigenvalue weighted by Gasteiger charge is -2.09. The number of hydrogen-bond acceptors (Lipinski definition) is 5. The zero-order chi connectivity index (χ0) is 19.1. The Hall–Kier alpha value is -3.41. The number of carbonyl (C=O) groups is 1. The van der Waals surface area contributed by atoms with Crippen LogP contribution in [0.5, 0.6) is 11.5 Å². The largest absolute Gasteiger partial charge is 0.497 e. The number of methoxy groups -OCH3 is 1. The number of ether oxygens (including phenoxy) is 2. The van der Waals surface area contributed by atoms with E-state index in [0.717, 1.165) is 22.7 Å². The molecule has 0 aliphatic rings. The lowest BCUT2D eigenvalue weighted by molar-refractivity contribution is -0.116. The SMILES string of the molecule is COc1ccc(OCCC(=O)Nc2cccc(-c3ccnc(C)n3)c2)cc1. The summed E-state index contributed by atoms with van der Waals surface area (Å²) in [5, 5.41) is 2.89. The van der Waals surface area contributed by atoms with Crippen molar-refractivity contribution in [2.24, 2.45) is 0 Å². The summed E-state index contributed by atoms with van der Waals surface area (Å²) >= 11 is 0. The third-order valence-corrected chi connectivity index (χ3v) is 3.88. The standard InChI is InChI=1S/C21H21N3O3/c1-15-22-12-10-20(23-15)16-4-3-5-17(14-16)24-21(25)11-13-27-19-8-6-18(26-2)7-9-19/h3-10,12,14H,11,13H2,1-2H3,(H,24,25). The highest BCUT2D eigenvalue weighted by molar-refractivity contribution is 5.91. The van der Waals surface area contributed by atoms with Crippen LogP contribution in [0.4, 0.5) is 5.69 Å². The van der Waals surface area contributed by atoms with Gasteiger partial charge in [-0.25, -0.2) is 9.97 Å². The molecule has 0 aliphatic heterocycles. The number of hydrogen-bond donors (Lipinski definition) is 1. The van der Waals surface area contributed by atoms with Crippen LogP contribution in [-0.4, -0.2) is 29.6 Å². The first-order valence-corrected chi connectivity index (χ1v) is 8.61. The van der Waals surface area contributed by atoms with Crippen molar-refractivity contribution in [3.63, 3.8) is 0 Å². The molecule has 0 saturated carbocycles. The Kier molecular flexibility index (Phi) is 5.99. The zero-order valence-electron chi connectivity index (χ0n) is 15.3. The molecule has 27 heavy (non-hydrogen) atoms. The number of carbonyl (C=O) groups excluding carboxylic acids is 1. The Morgan fingerprint density at radius 2 is 1.85 bits per heavy atom. The molecule has 3 rings (SSSR count). The van der Waals surface area contributed by atoms with Crippen LogP contribution in [0.1, 0.15) is 12.2 Å². The molecule has 6 nitrogen and oxygen atoms in total. The number of anilines is 1. The van der Waals surface area contributed by atoms with Gasteiger partial charge >= 0.3 is 0 Å². The van der Waals surface area contributed by atoms with E-state index in [1.807, 2.05) is 61.5 Å². The Balaban J connectivity index is 1.54. The average Bonchev–Trinajstić information content (AvgIpc) is 2.69. The van der Waals surface area contributed by atoms with E-state index in [0.29, 0.717) is 18.2 Å². The van der Waals surface area contributed by atoms with E-state index in [1.165, 1.54) is 0 Å². The van der Waals surface area contributed by atoms with Gasteiger partial charge in [0.2, 0.25) is 5.91 Å². The van der Waals surface area contributed by atoms with Crippen LogP contribution in [-0.2, 0) is 4.79 Å². The molecular weight excluding hydrogens is 342 g/mol. The predicted octanol–water partition coefficient (Wildman–Crippen LogP) is 3.87. The van der Waals surface area contributed by atoms with Gasteiger partial charge in [-0.2, -0.15) is 0 Å². The lowest BCUT2D eigenvalue weighted by Crippen LogP contribution is -2.15. The van der Waals surface area contributed by atoms with Gasteiger partial charge in [0, 0.05) is 17.4 Å². The second kappa shape index (κ2) is 8.80. The van der Waals surface area contributed by atoms with Crippen LogP contribution in [0.2, 0.25) is 0 Å². The monoisotopic (exact) mass is 363 g/mol. The van der Waals surface area contributed by atoms with Crippen LogP contribution >= 0.6 is 0 Å². The minimum absolute atomic E-state index is 0.112. The van der Waals surface area contributed by atoms with E-state index < -0.39 is 0 Å². The number of nitrogens with one attached hydrogen (secondary N) is 1. The van der Waals surface area contributed by atoms with E-state index in [1.54, 1.807) is 13.3 Å². The highest BCUT2D eigenvalue weighted by Gasteiger charge is 2.06. The topological polar surface area (TPSA) is 73.3 Å². The van der Waals surface area contributed by atoms with Crippen LogP contribution < -0.4 is 14.8 Å². The van der Waals surface area contributed by atoms with Crippen LogP contribution in [0.15, 0.2) is 60.8 Å². The van der Waals surface area contributed by atoms with E-state index in [4.69, 9.17) is 9.47 Å². The molecule has 1 amide bonds. The first kappa shape index (κ1) is 18.4. The third kappa shape index (κ3) is 5.28. The summed E-state index contributed by atoms with van der Waals surface area (Å²) in [6.07, 6.45) is 1.97. The average molecular weight is 363 g/mol. The number of aryl methyl sites for hydroxylation is 1. The van der Waals surface area contributed by atoms with Gasteiger partial charge in [-0.1, -0.05) is 12.1 Å². The molecule has 1 N–H and O–H groups in total. The second-order valence-corrected chi connectivity index (χ2v) is 5.89. The van der Waals surface area contributed by atoms with Gasteiger partial charge in [-0.3, -0.25) is 4.79 Å². The minimum Gasteiger partial charge on any atom is -0.497 e. The summed E-state index contributed by atoms with van der Waals surface area (Å²) in [4.78, 5) is 20.7. The number of aromatic nitrogens is 2. The Labute approximate surface area is 158 Å². The van der Waals surface area contributed by atoms with Crippen molar-refractivity contribution < 1.29 is 14.3 Å². The molecule has 0 spiro atoms. The van der Waals surface area contributed by atoms with Crippen LogP contribution in [0.3, 0.4) is 0 Å². The molecule has 0 bridgehead atoms. The molecule has 0 saturated heterocycles. The summed E-state index contributed by atoms with van der Waals surface area (Å²) in [6.45, 7) is 2.14. The molecule has 0 atom stereocenters. The van der Waals surface area contributed by atoms with E-state index in [9.17, 15) is 4.79 Å². The van der Waals surface area contributed by atoms with Crippen molar-refractivity contribution in [1.29, 1.82) is 0 Å². The Morgan fingerprint density at radius 1 is 1.07 bits per heavy atom. The fourth-order valence-electron chi connectivity index (χ4n) is 2.53. The number of benzene rings is 2. The van der Waals surface area contributed by atoms with Gasteiger partial charge in [0.1, 0.15) is 17.3 Å². The van der Waals surface area contributed by atoms with Crippen molar-refractivity contribution in [1.82, 2.24) is 9.97 Å². The number of rotatable bonds is 7. The quantitative estimate of drug-likeness (QED) is 0.690. The maximum Gasteiger partial charge on any atom is 0.227 e. The first-order valence-electron chi connectivity index (χ1n) is 8.61. The molecule has 1 aromatic heterocycles. The van der Waals surface area contributed by atoms with Crippen molar-refractivity contribution in [2.75, 3.05) is 19.0 Å². The van der Waals surface area contributed by atoms with Gasteiger partial charge in [0.15, 0.2) is 0 Å². The van der Waals surface area contributed by atoms with Crippen molar-refractivity contribution >= 4 is 11.6 Å². The summed E-state index contributed by atoms with van der Waals surface area (Å²) in [5.74, 6) is 2.06. The first-order chi connectivity index (χ1) is 13.1. The summed E-state index contributed by atoms with van der Waals surface area (Å²) in [6, 6.07) is 16.7. The lowest BCUT2D eigenvalue weighted by atomic mass is 10.1. The second-order valence-electron chi connectivity index (χ2n) is 5.89. The van der Waals surface area contributed by atoms with E-state index >= 15 is 0 Å². The molecule has 0 aliphatic carbocycles.